The lowest BCUT2D eigenvalue weighted by Crippen LogP contribution is -2.44. The molecule has 2 N–H and O–H groups in total. The molecule has 0 spiro atoms. The Bertz CT molecular complexity index is 623. The van der Waals surface area contributed by atoms with Crippen molar-refractivity contribution in [3.63, 3.8) is 0 Å². The van der Waals surface area contributed by atoms with Crippen molar-refractivity contribution in [3.05, 3.63) is 29.3 Å². The summed E-state index contributed by atoms with van der Waals surface area (Å²) in [7, 11) is -3.63. The van der Waals surface area contributed by atoms with E-state index in [0.717, 1.165) is 25.9 Å². The molecule has 0 saturated carbocycles. The number of sulfone groups is 1. The highest BCUT2D eigenvalue weighted by Gasteiger charge is 2.28. The number of nitrogens with one attached hydrogen (secondary N) is 2. The van der Waals surface area contributed by atoms with Crippen LogP contribution in [-0.4, -0.2) is 39.7 Å². The SMILES string of the molecule is CC1(CNC(=O)CS(=O)(=O)c2ccc(Cl)cc2)CCNCC1. The van der Waals surface area contributed by atoms with Gasteiger partial charge in [-0.25, -0.2) is 8.42 Å². The van der Waals surface area contributed by atoms with Gasteiger partial charge in [0.1, 0.15) is 5.75 Å². The predicted octanol–water partition coefficient (Wildman–Crippen LogP) is 1.62. The first-order valence-corrected chi connectivity index (χ1v) is 9.30. The summed E-state index contributed by atoms with van der Waals surface area (Å²) in [5, 5.41) is 6.49. The molecule has 0 bridgehead atoms. The van der Waals surface area contributed by atoms with Crippen molar-refractivity contribution in [2.45, 2.75) is 24.7 Å². The standard InChI is InChI=1S/C15H21ClN2O3S/c1-15(6-8-17-9-7-15)11-18-14(19)10-22(20,21)13-4-2-12(16)3-5-13/h2-5,17H,6-11H2,1H3,(H,18,19). The molecule has 1 fully saturated rings. The molecule has 5 nitrogen and oxygen atoms in total. The third-order valence-corrected chi connectivity index (χ3v) is 5.90. The van der Waals surface area contributed by atoms with Crippen LogP contribution in [0.15, 0.2) is 29.2 Å². The first-order chi connectivity index (χ1) is 10.3. The highest BCUT2D eigenvalue weighted by Crippen LogP contribution is 2.26. The van der Waals surface area contributed by atoms with E-state index in [-0.39, 0.29) is 10.3 Å². The number of hydrogen-bond acceptors (Lipinski definition) is 4. The van der Waals surface area contributed by atoms with Crippen molar-refractivity contribution in [1.29, 1.82) is 0 Å². The van der Waals surface area contributed by atoms with E-state index >= 15 is 0 Å². The number of amides is 1. The van der Waals surface area contributed by atoms with Crippen molar-refractivity contribution < 1.29 is 13.2 Å². The van der Waals surface area contributed by atoms with Gasteiger partial charge >= 0.3 is 0 Å². The summed E-state index contributed by atoms with van der Waals surface area (Å²) >= 11 is 5.74. The second-order valence-corrected chi connectivity index (χ2v) is 8.48. The van der Waals surface area contributed by atoms with Crippen molar-refractivity contribution in [1.82, 2.24) is 10.6 Å². The van der Waals surface area contributed by atoms with E-state index in [9.17, 15) is 13.2 Å². The molecule has 1 heterocycles. The first-order valence-electron chi connectivity index (χ1n) is 7.27. The fourth-order valence-electron chi connectivity index (χ4n) is 2.47. The van der Waals surface area contributed by atoms with E-state index in [2.05, 4.69) is 17.6 Å². The lowest BCUT2D eigenvalue weighted by atomic mass is 9.81. The van der Waals surface area contributed by atoms with Gasteiger partial charge in [-0.05, 0) is 55.6 Å². The van der Waals surface area contributed by atoms with Gasteiger partial charge < -0.3 is 10.6 Å². The van der Waals surface area contributed by atoms with Crippen molar-refractivity contribution in [2.75, 3.05) is 25.4 Å². The number of piperidine rings is 1. The van der Waals surface area contributed by atoms with Gasteiger partial charge in [-0.1, -0.05) is 18.5 Å². The third kappa shape index (κ3) is 4.69. The second-order valence-electron chi connectivity index (χ2n) is 6.05. The van der Waals surface area contributed by atoms with Crippen LogP contribution >= 0.6 is 11.6 Å². The highest BCUT2D eigenvalue weighted by molar-refractivity contribution is 7.92. The van der Waals surface area contributed by atoms with Gasteiger partial charge in [0.05, 0.1) is 4.90 Å². The summed E-state index contributed by atoms with van der Waals surface area (Å²) in [4.78, 5) is 12.1. The van der Waals surface area contributed by atoms with E-state index < -0.39 is 21.5 Å². The molecule has 0 unspecified atom stereocenters. The van der Waals surface area contributed by atoms with Crippen molar-refractivity contribution in [2.24, 2.45) is 5.41 Å². The van der Waals surface area contributed by atoms with E-state index in [1.807, 2.05) is 0 Å². The Kier molecular flexibility index (Phi) is 5.47. The zero-order chi connectivity index (χ0) is 16.2. The molecule has 1 aliphatic heterocycles. The summed E-state index contributed by atoms with van der Waals surface area (Å²) in [6.07, 6.45) is 1.94. The Labute approximate surface area is 136 Å². The lowest BCUT2D eigenvalue weighted by Gasteiger charge is -2.34. The maximum atomic E-state index is 12.2. The molecule has 1 aromatic carbocycles. The highest BCUT2D eigenvalue weighted by atomic mass is 35.5. The molecule has 122 valence electrons. The molecule has 1 amide bonds. The maximum Gasteiger partial charge on any atom is 0.235 e. The Morgan fingerprint density at radius 1 is 1.27 bits per heavy atom. The minimum Gasteiger partial charge on any atom is -0.355 e. The van der Waals surface area contributed by atoms with Gasteiger partial charge in [-0.2, -0.15) is 0 Å². The fourth-order valence-corrected chi connectivity index (χ4v) is 3.76. The molecule has 2 rings (SSSR count). The van der Waals surface area contributed by atoms with Crippen LogP contribution in [0.2, 0.25) is 5.02 Å². The van der Waals surface area contributed by atoms with Gasteiger partial charge in [0.25, 0.3) is 0 Å². The maximum absolute atomic E-state index is 12.2. The molecule has 0 aliphatic carbocycles. The summed E-state index contributed by atoms with van der Waals surface area (Å²) in [6, 6.07) is 5.84. The molecule has 0 atom stereocenters. The van der Waals surface area contributed by atoms with Crippen molar-refractivity contribution >= 4 is 27.3 Å². The number of carbonyl (C=O) groups is 1. The predicted molar refractivity (Wildman–Crippen MR) is 86.7 cm³/mol. The number of rotatable bonds is 5. The summed E-state index contributed by atoms with van der Waals surface area (Å²) in [5.74, 6) is -1.00. The molecule has 0 radical (unpaired) electrons. The van der Waals surface area contributed by atoms with Crippen LogP contribution in [0.1, 0.15) is 19.8 Å². The first kappa shape index (κ1) is 17.2. The van der Waals surface area contributed by atoms with Gasteiger partial charge in [0.2, 0.25) is 5.91 Å². The number of halogens is 1. The Morgan fingerprint density at radius 2 is 1.86 bits per heavy atom. The molecule has 1 saturated heterocycles. The monoisotopic (exact) mass is 344 g/mol. The second kappa shape index (κ2) is 6.98. The van der Waals surface area contributed by atoms with Crippen LogP contribution in [0, 0.1) is 5.41 Å². The van der Waals surface area contributed by atoms with Crippen LogP contribution in [0.25, 0.3) is 0 Å². The van der Waals surface area contributed by atoms with Crippen LogP contribution in [-0.2, 0) is 14.6 Å². The minimum absolute atomic E-state index is 0.0327. The number of benzene rings is 1. The quantitative estimate of drug-likeness (QED) is 0.851. The molecule has 7 heteroatoms. The zero-order valence-corrected chi connectivity index (χ0v) is 14.1. The smallest absolute Gasteiger partial charge is 0.235 e. The minimum atomic E-state index is -3.63. The normalized spacial score (nSPS) is 17.9. The topological polar surface area (TPSA) is 75.3 Å². The van der Waals surface area contributed by atoms with Gasteiger partial charge in [-0.15, -0.1) is 0 Å². The van der Waals surface area contributed by atoms with Crippen molar-refractivity contribution in [3.8, 4) is 0 Å². The fraction of sp³-hybridized carbons (Fsp3) is 0.533. The van der Waals surface area contributed by atoms with Crippen LogP contribution in [0.4, 0.5) is 0 Å². The van der Waals surface area contributed by atoms with E-state index in [1.165, 1.54) is 24.3 Å². The molecular weight excluding hydrogens is 324 g/mol. The molecule has 1 aromatic rings. The van der Waals surface area contributed by atoms with E-state index in [0.29, 0.717) is 11.6 Å². The molecule has 22 heavy (non-hydrogen) atoms. The Balaban J connectivity index is 1.92. The largest absolute Gasteiger partial charge is 0.355 e. The Hall–Kier alpha value is -1.11. The van der Waals surface area contributed by atoms with Crippen LogP contribution in [0.3, 0.4) is 0 Å². The van der Waals surface area contributed by atoms with E-state index in [4.69, 9.17) is 11.6 Å². The molecule has 1 aliphatic rings. The van der Waals surface area contributed by atoms with Crippen LogP contribution in [0.5, 0.6) is 0 Å². The summed E-state index contributed by atoms with van der Waals surface area (Å²) in [6.45, 7) is 4.47. The van der Waals surface area contributed by atoms with E-state index in [1.54, 1.807) is 0 Å². The summed E-state index contributed by atoms with van der Waals surface area (Å²) in [5.41, 5.74) is 0.0327. The van der Waals surface area contributed by atoms with Gasteiger partial charge in [0, 0.05) is 11.6 Å². The zero-order valence-electron chi connectivity index (χ0n) is 12.6. The lowest BCUT2D eigenvalue weighted by molar-refractivity contribution is -0.119. The third-order valence-electron chi connectivity index (χ3n) is 4.02. The number of hydrogen-bond donors (Lipinski definition) is 2. The van der Waals surface area contributed by atoms with Gasteiger partial charge in [-0.3, -0.25) is 4.79 Å². The number of carbonyl (C=O) groups excluding carboxylic acids is 1. The molecular formula is C15H21ClN2O3S. The average molecular weight is 345 g/mol. The Morgan fingerprint density at radius 3 is 2.45 bits per heavy atom. The average Bonchev–Trinajstić information content (AvgIpc) is 2.46. The summed E-state index contributed by atoms with van der Waals surface area (Å²) < 4.78 is 24.3. The van der Waals surface area contributed by atoms with Crippen LogP contribution < -0.4 is 10.6 Å². The molecule has 0 aromatic heterocycles. The van der Waals surface area contributed by atoms with Gasteiger partial charge in [0.15, 0.2) is 9.84 Å².